The van der Waals surface area contributed by atoms with Gasteiger partial charge in [0.25, 0.3) is 0 Å². The Morgan fingerprint density at radius 1 is 1.00 bits per heavy atom. The highest BCUT2D eigenvalue weighted by atomic mass is 32.2. The Morgan fingerprint density at radius 3 is 2.52 bits per heavy atom. The summed E-state index contributed by atoms with van der Waals surface area (Å²) in [6.07, 6.45) is 0. The van der Waals surface area contributed by atoms with E-state index in [1.807, 2.05) is 30.3 Å². The molecule has 1 fully saturated rings. The van der Waals surface area contributed by atoms with E-state index in [2.05, 4.69) is 29.2 Å². The van der Waals surface area contributed by atoms with E-state index in [0.717, 1.165) is 23.5 Å². The van der Waals surface area contributed by atoms with Crippen LogP contribution in [0.25, 0.3) is 0 Å². The Morgan fingerprint density at radius 2 is 1.76 bits per heavy atom. The zero-order valence-corrected chi connectivity index (χ0v) is 12.6. The van der Waals surface area contributed by atoms with Crippen LogP contribution in [0.1, 0.15) is 11.1 Å². The van der Waals surface area contributed by atoms with E-state index < -0.39 is 0 Å². The van der Waals surface area contributed by atoms with E-state index in [1.54, 1.807) is 11.8 Å². The van der Waals surface area contributed by atoms with Gasteiger partial charge in [0.05, 0.1) is 13.2 Å². The maximum absolute atomic E-state index is 8.00. The molecule has 2 aromatic rings. The minimum Gasteiger partial charge on any atom is -0.372 e. The summed E-state index contributed by atoms with van der Waals surface area (Å²) >= 11 is 1.60. The standard InChI is InChI=1S/C17H18N2OS/c18-17-19(10-11-21-17)16-9-5-4-8-15(16)13-20-12-14-6-2-1-3-7-14/h1-9,18H,10-13H2. The number of rotatable bonds is 5. The van der Waals surface area contributed by atoms with E-state index in [-0.39, 0.29) is 0 Å². The van der Waals surface area contributed by atoms with Gasteiger partial charge in [-0.3, -0.25) is 5.41 Å². The Hall–Kier alpha value is -1.78. The first-order chi connectivity index (χ1) is 10.3. The van der Waals surface area contributed by atoms with Crippen molar-refractivity contribution in [3.05, 3.63) is 65.7 Å². The lowest BCUT2D eigenvalue weighted by Crippen LogP contribution is -2.24. The molecule has 0 atom stereocenters. The second kappa shape index (κ2) is 6.78. The molecule has 0 spiro atoms. The first kappa shape index (κ1) is 14.2. The Labute approximate surface area is 129 Å². The summed E-state index contributed by atoms with van der Waals surface area (Å²) in [4.78, 5) is 2.06. The normalized spacial score (nSPS) is 14.7. The van der Waals surface area contributed by atoms with Crippen LogP contribution in [0, 0.1) is 5.41 Å². The summed E-state index contributed by atoms with van der Waals surface area (Å²) in [6.45, 7) is 2.08. The van der Waals surface area contributed by atoms with Crippen LogP contribution in [0.15, 0.2) is 54.6 Å². The van der Waals surface area contributed by atoms with Gasteiger partial charge in [0.2, 0.25) is 0 Å². The summed E-state index contributed by atoms with van der Waals surface area (Å²) in [5, 5.41) is 8.63. The van der Waals surface area contributed by atoms with E-state index in [4.69, 9.17) is 10.1 Å². The van der Waals surface area contributed by atoms with Gasteiger partial charge in [-0.1, -0.05) is 60.3 Å². The molecule has 1 aliphatic heterocycles. The van der Waals surface area contributed by atoms with Gasteiger partial charge >= 0.3 is 0 Å². The molecule has 108 valence electrons. The number of anilines is 1. The lowest BCUT2D eigenvalue weighted by Gasteiger charge is -2.20. The predicted molar refractivity (Wildman–Crippen MR) is 88.9 cm³/mol. The van der Waals surface area contributed by atoms with Crippen LogP contribution >= 0.6 is 11.8 Å². The zero-order chi connectivity index (χ0) is 14.5. The molecule has 2 aromatic carbocycles. The Kier molecular flexibility index (Phi) is 4.58. The number of para-hydroxylation sites is 1. The number of hydrogen-bond acceptors (Lipinski definition) is 3. The molecule has 1 heterocycles. The molecule has 3 nitrogen and oxygen atoms in total. The summed E-state index contributed by atoms with van der Waals surface area (Å²) in [5.74, 6) is 0.984. The third-order valence-corrected chi connectivity index (χ3v) is 4.33. The van der Waals surface area contributed by atoms with E-state index in [9.17, 15) is 0 Å². The molecule has 0 bridgehead atoms. The molecule has 1 saturated heterocycles. The van der Waals surface area contributed by atoms with Gasteiger partial charge in [0.15, 0.2) is 5.17 Å². The van der Waals surface area contributed by atoms with Crippen LogP contribution in [0.3, 0.4) is 0 Å². The molecule has 0 aromatic heterocycles. The van der Waals surface area contributed by atoms with Crippen molar-refractivity contribution in [3.8, 4) is 0 Å². The van der Waals surface area contributed by atoms with Crippen LogP contribution in [-0.2, 0) is 18.0 Å². The first-order valence-electron chi connectivity index (χ1n) is 7.03. The minimum absolute atomic E-state index is 0.569. The van der Waals surface area contributed by atoms with Crippen molar-refractivity contribution in [3.63, 3.8) is 0 Å². The number of nitrogens with zero attached hydrogens (tertiary/aromatic N) is 1. The van der Waals surface area contributed by atoms with Crippen LogP contribution in [-0.4, -0.2) is 17.5 Å². The van der Waals surface area contributed by atoms with Gasteiger partial charge in [-0.15, -0.1) is 0 Å². The lowest BCUT2D eigenvalue weighted by molar-refractivity contribution is 0.107. The second-order valence-electron chi connectivity index (χ2n) is 4.91. The Bertz CT molecular complexity index is 615. The predicted octanol–water partition coefficient (Wildman–Crippen LogP) is 3.89. The molecule has 1 aliphatic rings. The first-order valence-corrected chi connectivity index (χ1v) is 8.01. The largest absolute Gasteiger partial charge is 0.372 e. The van der Waals surface area contributed by atoms with Gasteiger partial charge in [0, 0.05) is 23.5 Å². The van der Waals surface area contributed by atoms with Crippen LogP contribution in [0.4, 0.5) is 5.69 Å². The Balaban J connectivity index is 1.67. The van der Waals surface area contributed by atoms with E-state index >= 15 is 0 Å². The molecule has 21 heavy (non-hydrogen) atoms. The van der Waals surface area contributed by atoms with Gasteiger partial charge in [-0.05, 0) is 11.6 Å². The molecule has 1 N–H and O–H groups in total. The number of benzene rings is 2. The summed E-state index contributed by atoms with van der Waals surface area (Å²) < 4.78 is 5.84. The third kappa shape index (κ3) is 3.46. The fourth-order valence-electron chi connectivity index (χ4n) is 2.39. The lowest BCUT2D eigenvalue weighted by atomic mass is 10.1. The average Bonchev–Trinajstić information content (AvgIpc) is 2.95. The monoisotopic (exact) mass is 298 g/mol. The minimum atomic E-state index is 0.569. The highest BCUT2D eigenvalue weighted by molar-refractivity contribution is 8.14. The molecule has 0 amide bonds. The second-order valence-corrected chi connectivity index (χ2v) is 6.00. The zero-order valence-electron chi connectivity index (χ0n) is 11.8. The molecule has 0 saturated carbocycles. The molecule has 3 rings (SSSR count). The van der Waals surface area contributed by atoms with Gasteiger partial charge < -0.3 is 9.64 Å². The highest BCUT2D eigenvalue weighted by Crippen LogP contribution is 2.28. The van der Waals surface area contributed by atoms with Crippen molar-refractivity contribution < 1.29 is 4.74 Å². The molecule has 0 unspecified atom stereocenters. The SMILES string of the molecule is N=C1SCCN1c1ccccc1COCc1ccccc1. The third-order valence-electron chi connectivity index (χ3n) is 3.45. The smallest absolute Gasteiger partial charge is 0.160 e. The van der Waals surface area contributed by atoms with Gasteiger partial charge in [-0.2, -0.15) is 0 Å². The maximum Gasteiger partial charge on any atom is 0.160 e. The van der Waals surface area contributed by atoms with Crippen molar-refractivity contribution in [2.24, 2.45) is 0 Å². The van der Waals surface area contributed by atoms with Crippen LogP contribution in [0.2, 0.25) is 0 Å². The summed E-state index contributed by atoms with van der Waals surface area (Å²) in [6, 6.07) is 18.4. The molecule has 0 aliphatic carbocycles. The highest BCUT2D eigenvalue weighted by Gasteiger charge is 2.21. The molecular formula is C17H18N2OS. The number of ether oxygens (including phenoxy) is 1. The number of nitrogens with one attached hydrogen (secondary N) is 1. The van der Waals surface area contributed by atoms with Crippen molar-refractivity contribution in [2.45, 2.75) is 13.2 Å². The van der Waals surface area contributed by atoms with E-state index in [0.29, 0.717) is 18.4 Å². The topological polar surface area (TPSA) is 36.3 Å². The number of thioether (sulfide) groups is 1. The fourth-order valence-corrected chi connectivity index (χ4v) is 3.20. The summed E-state index contributed by atoms with van der Waals surface area (Å²) in [7, 11) is 0. The van der Waals surface area contributed by atoms with Crippen molar-refractivity contribution in [1.82, 2.24) is 0 Å². The number of hydrogen-bond donors (Lipinski definition) is 1. The summed E-state index contributed by atoms with van der Waals surface area (Å²) in [5.41, 5.74) is 3.42. The maximum atomic E-state index is 8.00. The van der Waals surface area contributed by atoms with Crippen molar-refractivity contribution in [2.75, 3.05) is 17.2 Å². The van der Waals surface area contributed by atoms with Crippen molar-refractivity contribution in [1.29, 1.82) is 5.41 Å². The van der Waals surface area contributed by atoms with Crippen LogP contribution < -0.4 is 4.90 Å². The van der Waals surface area contributed by atoms with E-state index in [1.165, 1.54) is 5.56 Å². The molecule has 4 heteroatoms. The molecule has 0 radical (unpaired) electrons. The van der Waals surface area contributed by atoms with Crippen molar-refractivity contribution >= 4 is 22.6 Å². The van der Waals surface area contributed by atoms with Gasteiger partial charge in [0.1, 0.15) is 0 Å². The van der Waals surface area contributed by atoms with Gasteiger partial charge in [-0.25, -0.2) is 0 Å². The molecular weight excluding hydrogens is 280 g/mol. The fraction of sp³-hybridized carbons (Fsp3) is 0.235. The quantitative estimate of drug-likeness (QED) is 0.909. The van der Waals surface area contributed by atoms with Crippen LogP contribution in [0.5, 0.6) is 0 Å². The number of amidine groups is 1. The average molecular weight is 298 g/mol.